The molecule has 2 rings (SSSR count). The Hall–Kier alpha value is -0.620. The molecule has 2 unspecified atom stereocenters. The number of halogens is 1. The summed E-state index contributed by atoms with van der Waals surface area (Å²) in [6, 6.07) is 4.75. The lowest BCUT2D eigenvalue weighted by atomic mass is 10.1. The number of nitrogens with two attached hydrogens (primary N) is 1. The minimum atomic E-state index is -3.50. The molecule has 1 aromatic rings. The van der Waals surface area contributed by atoms with Crippen LogP contribution in [0.2, 0.25) is 5.02 Å². The standard InChI is InChI=1S/C13H19ClN2O2S/c1-9-7-11(14)5-6-13(9)19(17,18)16-12-4-2-3-10(12)8-15/h5-7,10,12,16H,2-4,8,15H2,1H3. The van der Waals surface area contributed by atoms with E-state index in [1.165, 1.54) is 0 Å². The number of aryl methyl sites for hydroxylation is 1. The molecule has 19 heavy (non-hydrogen) atoms. The van der Waals surface area contributed by atoms with Crippen molar-refractivity contribution in [1.82, 2.24) is 4.72 Å². The monoisotopic (exact) mass is 302 g/mol. The molecule has 1 aliphatic rings. The summed E-state index contributed by atoms with van der Waals surface area (Å²) in [5.74, 6) is 0.238. The van der Waals surface area contributed by atoms with Crippen LogP contribution < -0.4 is 10.5 Å². The first-order valence-corrected chi connectivity index (χ1v) is 8.28. The van der Waals surface area contributed by atoms with Crippen molar-refractivity contribution in [2.45, 2.75) is 37.1 Å². The summed E-state index contributed by atoms with van der Waals surface area (Å²) in [5, 5.41) is 0.539. The Balaban J connectivity index is 2.23. The second kappa shape index (κ2) is 5.79. The predicted octanol–water partition coefficient (Wildman–Crippen LogP) is 2.05. The molecule has 0 saturated heterocycles. The van der Waals surface area contributed by atoms with Crippen molar-refractivity contribution >= 4 is 21.6 Å². The molecule has 0 bridgehead atoms. The topological polar surface area (TPSA) is 72.2 Å². The van der Waals surface area contributed by atoms with Crippen LogP contribution in [-0.4, -0.2) is 21.0 Å². The minimum absolute atomic E-state index is 0.0509. The van der Waals surface area contributed by atoms with Gasteiger partial charge in [-0.2, -0.15) is 0 Å². The van der Waals surface area contributed by atoms with E-state index < -0.39 is 10.0 Å². The van der Waals surface area contributed by atoms with Crippen molar-refractivity contribution in [3.8, 4) is 0 Å². The molecule has 1 saturated carbocycles. The fourth-order valence-electron chi connectivity index (χ4n) is 2.65. The van der Waals surface area contributed by atoms with Crippen LogP contribution in [0.1, 0.15) is 24.8 Å². The molecule has 0 aromatic heterocycles. The molecule has 0 radical (unpaired) electrons. The zero-order chi connectivity index (χ0) is 14.0. The van der Waals surface area contributed by atoms with Crippen molar-refractivity contribution in [2.75, 3.05) is 6.54 Å². The van der Waals surface area contributed by atoms with Gasteiger partial charge in [0.2, 0.25) is 10.0 Å². The number of benzene rings is 1. The summed E-state index contributed by atoms with van der Waals surface area (Å²) in [7, 11) is -3.50. The SMILES string of the molecule is Cc1cc(Cl)ccc1S(=O)(=O)NC1CCCC1CN. The Morgan fingerprint density at radius 3 is 2.79 bits per heavy atom. The summed E-state index contributed by atoms with van der Waals surface area (Å²) in [6.45, 7) is 2.27. The molecule has 0 amide bonds. The Morgan fingerprint density at radius 1 is 1.42 bits per heavy atom. The summed E-state index contributed by atoms with van der Waals surface area (Å²) in [4.78, 5) is 0.291. The molecule has 0 aliphatic heterocycles. The molecular formula is C13H19ClN2O2S. The Morgan fingerprint density at radius 2 is 2.16 bits per heavy atom. The quantitative estimate of drug-likeness (QED) is 0.894. The highest BCUT2D eigenvalue weighted by Crippen LogP contribution is 2.27. The number of nitrogens with one attached hydrogen (secondary N) is 1. The van der Waals surface area contributed by atoms with E-state index in [4.69, 9.17) is 17.3 Å². The van der Waals surface area contributed by atoms with Gasteiger partial charge in [0.25, 0.3) is 0 Å². The average Bonchev–Trinajstić information content (AvgIpc) is 2.74. The fraction of sp³-hybridized carbons (Fsp3) is 0.538. The highest BCUT2D eigenvalue weighted by molar-refractivity contribution is 7.89. The van der Waals surface area contributed by atoms with Gasteiger partial charge in [-0.15, -0.1) is 0 Å². The predicted molar refractivity (Wildman–Crippen MR) is 76.7 cm³/mol. The van der Waals surface area contributed by atoms with Gasteiger partial charge >= 0.3 is 0 Å². The van der Waals surface area contributed by atoms with Crippen molar-refractivity contribution in [1.29, 1.82) is 0 Å². The van der Waals surface area contributed by atoms with Gasteiger partial charge in [0.15, 0.2) is 0 Å². The summed E-state index contributed by atoms with van der Waals surface area (Å²) >= 11 is 5.85. The zero-order valence-corrected chi connectivity index (χ0v) is 12.5. The van der Waals surface area contributed by atoms with Crippen molar-refractivity contribution in [2.24, 2.45) is 11.7 Å². The molecule has 0 heterocycles. The van der Waals surface area contributed by atoms with Crippen LogP contribution in [0.25, 0.3) is 0 Å². The second-order valence-electron chi connectivity index (χ2n) is 5.06. The molecule has 1 aromatic carbocycles. The summed E-state index contributed by atoms with van der Waals surface area (Å²) < 4.78 is 27.6. The van der Waals surface area contributed by atoms with Gasteiger partial charge in [-0.1, -0.05) is 18.0 Å². The van der Waals surface area contributed by atoms with Crippen molar-refractivity contribution < 1.29 is 8.42 Å². The van der Waals surface area contributed by atoms with Crippen LogP contribution in [0.4, 0.5) is 0 Å². The number of rotatable bonds is 4. The normalized spacial score (nSPS) is 23.7. The zero-order valence-electron chi connectivity index (χ0n) is 10.9. The number of hydrogen-bond donors (Lipinski definition) is 2. The van der Waals surface area contributed by atoms with E-state index in [1.54, 1.807) is 25.1 Å². The van der Waals surface area contributed by atoms with Crippen LogP contribution in [0, 0.1) is 12.8 Å². The van der Waals surface area contributed by atoms with Gasteiger partial charge in [0.1, 0.15) is 0 Å². The second-order valence-corrected chi connectivity index (χ2v) is 7.18. The minimum Gasteiger partial charge on any atom is -0.330 e. The van der Waals surface area contributed by atoms with E-state index in [-0.39, 0.29) is 12.0 Å². The largest absolute Gasteiger partial charge is 0.330 e. The molecular weight excluding hydrogens is 284 g/mol. The van der Waals surface area contributed by atoms with Crippen molar-refractivity contribution in [3.63, 3.8) is 0 Å². The van der Waals surface area contributed by atoms with Gasteiger partial charge in [0, 0.05) is 11.1 Å². The molecule has 1 aliphatic carbocycles. The van der Waals surface area contributed by atoms with Crippen LogP contribution >= 0.6 is 11.6 Å². The molecule has 2 atom stereocenters. The first-order chi connectivity index (χ1) is 8.94. The Labute approximate surface area is 119 Å². The van der Waals surface area contributed by atoms with Gasteiger partial charge < -0.3 is 5.73 Å². The fourth-order valence-corrected chi connectivity index (χ4v) is 4.44. The maximum Gasteiger partial charge on any atom is 0.241 e. The third-order valence-corrected chi connectivity index (χ3v) is 5.58. The van der Waals surface area contributed by atoms with E-state index in [1.807, 2.05) is 0 Å². The third-order valence-electron chi connectivity index (χ3n) is 3.69. The van der Waals surface area contributed by atoms with Gasteiger partial charge in [-0.3, -0.25) is 0 Å². The average molecular weight is 303 g/mol. The van der Waals surface area contributed by atoms with Crippen LogP contribution in [0.15, 0.2) is 23.1 Å². The lowest BCUT2D eigenvalue weighted by Gasteiger charge is -2.20. The first kappa shape index (κ1) is 14.8. The van der Waals surface area contributed by atoms with Crippen LogP contribution in [0.3, 0.4) is 0 Å². The molecule has 106 valence electrons. The van der Waals surface area contributed by atoms with Crippen LogP contribution in [0.5, 0.6) is 0 Å². The summed E-state index contributed by atoms with van der Waals surface area (Å²) in [5.41, 5.74) is 6.33. The number of hydrogen-bond acceptors (Lipinski definition) is 3. The van der Waals surface area contributed by atoms with Crippen LogP contribution in [-0.2, 0) is 10.0 Å². The van der Waals surface area contributed by atoms with Crippen molar-refractivity contribution in [3.05, 3.63) is 28.8 Å². The number of sulfonamides is 1. The lowest BCUT2D eigenvalue weighted by molar-refractivity contribution is 0.452. The van der Waals surface area contributed by atoms with E-state index in [2.05, 4.69) is 4.72 Å². The van der Waals surface area contributed by atoms with E-state index >= 15 is 0 Å². The highest BCUT2D eigenvalue weighted by Gasteiger charge is 2.30. The molecule has 4 nitrogen and oxygen atoms in total. The van der Waals surface area contributed by atoms with E-state index in [9.17, 15) is 8.42 Å². The van der Waals surface area contributed by atoms with E-state index in [0.717, 1.165) is 19.3 Å². The van der Waals surface area contributed by atoms with Gasteiger partial charge in [-0.25, -0.2) is 13.1 Å². The third kappa shape index (κ3) is 3.28. The maximum atomic E-state index is 12.4. The Bertz CT molecular complexity index is 560. The van der Waals surface area contributed by atoms with E-state index in [0.29, 0.717) is 22.0 Å². The molecule has 6 heteroatoms. The highest BCUT2D eigenvalue weighted by atomic mass is 35.5. The molecule has 1 fully saturated rings. The molecule has 0 spiro atoms. The Kier molecular flexibility index (Phi) is 4.50. The maximum absolute atomic E-state index is 12.4. The first-order valence-electron chi connectivity index (χ1n) is 6.42. The van der Waals surface area contributed by atoms with Gasteiger partial charge in [0.05, 0.1) is 4.90 Å². The lowest BCUT2D eigenvalue weighted by Crippen LogP contribution is -2.40. The summed E-state index contributed by atoms with van der Waals surface area (Å²) in [6.07, 6.45) is 2.87. The smallest absolute Gasteiger partial charge is 0.241 e. The molecule has 3 N–H and O–H groups in total. The van der Waals surface area contributed by atoms with Gasteiger partial charge in [-0.05, 0) is 56.0 Å².